The van der Waals surface area contributed by atoms with Gasteiger partial charge in [0.05, 0.1) is 0 Å². The summed E-state index contributed by atoms with van der Waals surface area (Å²) >= 11 is 0. The molecule has 7 heteroatoms. The molecule has 3 atom stereocenters. The lowest BCUT2D eigenvalue weighted by atomic mass is 9.97. The minimum absolute atomic E-state index is 0.182. The van der Waals surface area contributed by atoms with Gasteiger partial charge in [-0.25, -0.2) is 0 Å². The number of nitrogens with one attached hydrogen (secondary N) is 1. The topological polar surface area (TPSA) is 105 Å². The van der Waals surface area contributed by atoms with Crippen LogP contribution in [0.5, 0.6) is 0 Å². The maximum Gasteiger partial charge on any atom is 0.235 e. The molecular weight excluding hydrogens is 278 g/mol. The van der Waals surface area contributed by atoms with Crippen LogP contribution in [0.1, 0.15) is 18.4 Å². The van der Waals surface area contributed by atoms with E-state index in [-0.39, 0.29) is 17.8 Å². The number of nitrogens with two attached hydrogens (primary N) is 1. The highest BCUT2D eigenvalue weighted by molar-refractivity contribution is 7.84. The molecular formula is C13H19N3O3S. The SMILES string of the molecule is CC(CS(C)=O)NC(=O)C(/C(N)=N/O)c1ccccc1. The summed E-state index contributed by atoms with van der Waals surface area (Å²) in [7, 11) is -1.01. The van der Waals surface area contributed by atoms with E-state index in [2.05, 4.69) is 10.5 Å². The molecule has 0 spiro atoms. The summed E-state index contributed by atoms with van der Waals surface area (Å²) in [4.78, 5) is 12.3. The average Bonchev–Trinajstić information content (AvgIpc) is 2.38. The maximum atomic E-state index is 12.3. The molecule has 0 radical (unpaired) electrons. The average molecular weight is 297 g/mol. The zero-order chi connectivity index (χ0) is 15.1. The first-order valence-corrected chi connectivity index (χ1v) is 7.81. The van der Waals surface area contributed by atoms with Gasteiger partial charge in [0.25, 0.3) is 0 Å². The van der Waals surface area contributed by atoms with Crippen molar-refractivity contribution in [1.82, 2.24) is 5.32 Å². The zero-order valence-electron chi connectivity index (χ0n) is 11.4. The molecule has 20 heavy (non-hydrogen) atoms. The van der Waals surface area contributed by atoms with Crippen molar-refractivity contribution in [3.05, 3.63) is 35.9 Å². The first-order valence-electron chi connectivity index (χ1n) is 6.08. The van der Waals surface area contributed by atoms with E-state index in [0.29, 0.717) is 11.3 Å². The largest absolute Gasteiger partial charge is 0.409 e. The molecule has 0 aromatic heterocycles. The lowest BCUT2D eigenvalue weighted by Gasteiger charge is -2.19. The third kappa shape index (κ3) is 4.65. The van der Waals surface area contributed by atoms with E-state index in [9.17, 15) is 9.00 Å². The number of nitrogens with zero attached hydrogens (tertiary/aromatic N) is 1. The first kappa shape index (κ1) is 16.2. The number of amidine groups is 1. The quantitative estimate of drug-likeness (QED) is 0.306. The fourth-order valence-electron chi connectivity index (χ4n) is 1.88. The summed E-state index contributed by atoms with van der Waals surface area (Å²) in [5.41, 5.74) is 6.24. The molecule has 6 nitrogen and oxygen atoms in total. The van der Waals surface area contributed by atoms with Crippen LogP contribution in [0.2, 0.25) is 0 Å². The number of carbonyl (C=O) groups is 1. The predicted molar refractivity (Wildman–Crippen MR) is 79.1 cm³/mol. The highest BCUT2D eigenvalue weighted by Gasteiger charge is 2.26. The van der Waals surface area contributed by atoms with E-state index in [1.165, 1.54) is 0 Å². The molecule has 0 saturated heterocycles. The zero-order valence-corrected chi connectivity index (χ0v) is 12.3. The second-order valence-electron chi connectivity index (χ2n) is 4.52. The standard InChI is InChI=1S/C13H19N3O3S/c1-9(8-20(2)19)15-13(17)11(12(14)16-18)10-6-4-3-5-7-10/h3-7,9,11,18H,8H2,1-2H3,(H2,14,16)(H,15,17). The van der Waals surface area contributed by atoms with Gasteiger partial charge in [-0.05, 0) is 12.5 Å². The van der Waals surface area contributed by atoms with Gasteiger partial charge in [0, 0.05) is 28.9 Å². The monoisotopic (exact) mass is 297 g/mol. The summed E-state index contributed by atoms with van der Waals surface area (Å²) in [6, 6.07) is 8.55. The third-order valence-electron chi connectivity index (χ3n) is 2.68. The Morgan fingerprint density at radius 3 is 2.55 bits per heavy atom. The van der Waals surface area contributed by atoms with Gasteiger partial charge >= 0.3 is 0 Å². The van der Waals surface area contributed by atoms with E-state index < -0.39 is 16.7 Å². The van der Waals surface area contributed by atoms with Crippen molar-refractivity contribution in [1.29, 1.82) is 0 Å². The molecule has 1 aromatic rings. The molecule has 0 aliphatic rings. The number of oxime groups is 1. The van der Waals surface area contributed by atoms with Crippen molar-refractivity contribution in [2.24, 2.45) is 10.9 Å². The lowest BCUT2D eigenvalue weighted by Crippen LogP contribution is -2.43. The summed E-state index contributed by atoms with van der Waals surface area (Å²) < 4.78 is 11.1. The van der Waals surface area contributed by atoms with Crippen LogP contribution in [0.4, 0.5) is 0 Å². The van der Waals surface area contributed by atoms with Crippen LogP contribution in [0.25, 0.3) is 0 Å². The van der Waals surface area contributed by atoms with Crippen molar-refractivity contribution >= 4 is 22.5 Å². The minimum atomic E-state index is -1.01. The van der Waals surface area contributed by atoms with Crippen molar-refractivity contribution in [3.8, 4) is 0 Å². The molecule has 0 aliphatic heterocycles. The van der Waals surface area contributed by atoms with Crippen LogP contribution in [0.15, 0.2) is 35.5 Å². The Labute approximate surface area is 120 Å². The Hall–Kier alpha value is -1.89. The maximum absolute atomic E-state index is 12.3. The molecule has 1 rings (SSSR count). The summed E-state index contributed by atoms with van der Waals surface area (Å²) in [6.07, 6.45) is 1.57. The number of amides is 1. The minimum Gasteiger partial charge on any atom is -0.409 e. The molecule has 0 heterocycles. The van der Waals surface area contributed by atoms with Gasteiger partial charge < -0.3 is 16.3 Å². The molecule has 0 saturated carbocycles. The van der Waals surface area contributed by atoms with Crippen molar-refractivity contribution in [2.75, 3.05) is 12.0 Å². The smallest absolute Gasteiger partial charge is 0.235 e. The normalized spacial score (nSPS) is 16.2. The van der Waals surface area contributed by atoms with Gasteiger partial charge in [-0.1, -0.05) is 35.5 Å². The van der Waals surface area contributed by atoms with Crippen molar-refractivity contribution < 1.29 is 14.2 Å². The molecule has 1 amide bonds. The third-order valence-corrected chi connectivity index (χ3v) is 3.65. The highest BCUT2D eigenvalue weighted by Crippen LogP contribution is 2.16. The Bertz CT molecular complexity index is 505. The van der Waals surface area contributed by atoms with Gasteiger partial charge in [-0.3, -0.25) is 9.00 Å². The molecule has 0 fully saturated rings. The predicted octanol–water partition coefficient (Wildman–Crippen LogP) is 0.400. The molecule has 0 bridgehead atoms. The Kier molecular flexibility index (Phi) is 6.17. The summed E-state index contributed by atoms with van der Waals surface area (Å²) in [5, 5.41) is 14.5. The second-order valence-corrected chi connectivity index (χ2v) is 6.00. The number of hydrogen-bond donors (Lipinski definition) is 3. The summed E-state index contributed by atoms with van der Waals surface area (Å²) in [5.74, 6) is -1.08. The molecule has 1 aromatic carbocycles. The molecule has 4 N–H and O–H groups in total. The van der Waals surface area contributed by atoms with Crippen LogP contribution in [0.3, 0.4) is 0 Å². The summed E-state index contributed by atoms with van der Waals surface area (Å²) in [6.45, 7) is 1.76. The van der Waals surface area contributed by atoms with Crippen LogP contribution in [-0.4, -0.2) is 39.2 Å². The van der Waals surface area contributed by atoms with E-state index >= 15 is 0 Å². The Morgan fingerprint density at radius 2 is 2.05 bits per heavy atom. The second kappa shape index (κ2) is 7.64. The van der Waals surface area contributed by atoms with Gasteiger partial charge in [-0.15, -0.1) is 0 Å². The number of rotatable bonds is 6. The highest BCUT2D eigenvalue weighted by atomic mass is 32.2. The van der Waals surface area contributed by atoms with Gasteiger partial charge in [0.15, 0.2) is 5.84 Å². The van der Waals surface area contributed by atoms with Gasteiger partial charge in [0.2, 0.25) is 5.91 Å². The number of benzene rings is 1. The lowest BCUT2D eigenvalue weighted by molar-refractivity contribution is -0.121. The number of carbonyl (C=O) groups excluding carboxylic acids is 1. The fraction of sp³-hybridized carbons (Fsp3) is 0.385. The van der Waals surface area contributed by atoms with Crippen molar-refractivity contribution in [3.63, 3.8) is 0 Å². The Morgan fingerprint density at radius 1 is 1.45 bits per heavy atom. The van der Waals surface area contributed by atoms with E-state index in [0.717, 1.165) is 0 Å². The van der Waals surface area contributed by atoms with Crippen LogP contribution in [0, 0.1) is 0 Å². The van der Waals surface area contributed by atoms with E-state index in [4.69, 9.17) is 10.9 Å². The first-order chi connectivity index (χ1) is 9.45. The van der Waals surface area contributed by atoms with E-state index in [1.807, 2.05) is 6.07 Å². The number of hydrogen-bond acceptors (Lipinski definition) is 4. The van der Waals surface area contributed by atoms with Gasteiger partial charge in [-0.2, -0.15) is 0 Å². The van der Waals surface area contributed by atoms with E-state index in [1.54, 1.807) is 37.4 Å². The van der Waals surface area contributed by atoms with Crippen molar-refractivity contribution in [2.45, 2.75) is 18.9 Å². The molecule has 3 unspecified atom stereocenters. The molecule has 110 valence electrons. The fourth-order valence-corrected chi connectivity index (χ4v) is 2.67. The van der Waals surface area contributed by atoms with Gasteiger partial charge in [0.1, 0.15) is 5.92 Å². The van der Waals surface area contributed by atoms with Crippen LogP contribution in [-0.2, 0) is 15.6 Å². The molecule has 0 aliphatic carbocycles. The van der Waals surface area contributed by atoms with Crippen LogP contribution >= 0.6 is 0 Å². The van der Waals surface area contributed by atoms with Crippen LogP contribution < -0.4 is 11.1 Å². The Balaban J connectivity index is 2.90.